The molecule has 7 heteroatoms. The molecule has 0 aliphatic carbocycles. The minimum absolute atomic E-state index is 0.291. The van der Waals surface area contributed by atoms with Gasteiger partial charge in [0.15, 0.2) is 0 Å². The molecule has 0 bridgehead atoms. The fraction of sp³-hybridized carbons (Fsp3) is 0.0714. The van der Waals surface area contributed by atoms with E-state index in [0.717, 1.165) is 7.14 Å². The van der Waals surface area contributed by atoms with Gasteiger partial charge in [0.25, 0.3) is 0 Å². The molecule has 1 aliphatic heterocycles. The van der Waals surface area contributed by atoms with Crippen LogP contribution in [0, 0.1) is 7.14 Å². The molecule has 0 atom stereocenters. The summed E-state index contributed by atoms with van der Waals surface area (Å²) in [5.41, 5.74) is 0.540. The van der Waals surface area contributed by atoms with Crippen molar-refractivity contribution in [1.29, 1.82) is 0 Å². The Kier molecular flexibility index (Phi) is 3.52. The van der Waals surface area contributed by atoms with E-state index in [9.17, 15) is 18.0 Å². The number of ether oxygens (including phenoxy) is 1. The summed E-state index contributed by atoms with van der Waals surface area (Å²) < 4.78 is 47.2. The normalized spacial score (nSPS) is 15.6. The van der Waals surface area contributed by atoms with Gasteiger partial charge in [0, 0.05) is 0 Å². The average Bonchev–Trinajstić information content (AvgIpc) is 2.76. The van der Waals surface area contributed by atoms with Gasteiger partial charge in [-0.05, 0) is 0 Å². The second-order valence-corrected chi connectivity index (χ2v) is 8.36. The third-order valence-electron chi connectivity index (χ3n) is 2.67. The number of carbonyl (C=O) groups excluding carboxylic acids is 1. The van der Waals surface area contributed by atoms with Gasteiger partial charge in [0.05, 0.1) is 0 Å². The zero-order valence-electron chi connectivity index (χ0n) is 10.4. The summed E-state index contributed by atoms with van der Waals surface area (Å²) in [7, 11) is 0. The zero-order valence-corrected chi connectivity index (χ0v) is 12.5. The Morgan fingerprint density at radius 3 is 2.33 bits per heavy atom. The van der Waals surface area contributed by atoms with Gasteiger partial charge >= 0.3 is 125 Å². The van der Waals surface area contributed by atoms with Crippen molar-refractivity contribution in [2.45, 2.75) is 6.36 Å². The number of halogens is 4. The van der Waals surface area contributed by atoms with Gasteiger partial charge in [-0.2, -0.15) is 0 Å². The first kappa shape index (κ1) is 14.2. The quantitative estimate of drug-likeness (QED) is 0.699. The third-order valence-corrected chi connectivity index (χ3v) is 7.36. The van der Waals surface area contributed by atoms with Gasteiger partial charge in [-0.1, -0.05) is 0 Å². The Balaban J connectivity index is 1.88. The number of hydrogen-bond donors (Lipinski definition) is 0. The van der Waals surface area contributed by atoms with Crippen molar-refractivity contribution < 1.29 is 25.8 Å². The molecule has 3 nitrogen and oxygen atoms in total. The molecule has 0 N–H and O–H groups in total. The molecule has 0 fully saturated rings. The van der Waals surface area contributed by atoms with E-state index < -0.39 is 26.6 Å². The molecule has 0 saturated carbocycles. The van der Waals surface area contributed by atoms with Crippen LogP contribution in [0.4, 0.5) is 13.2 Å². The van der Waals surface area contributed by atoms with Gasteiger partial charge in [-0.15, -0.1) is 0 Å². The van der Waals surface area contributed by atoms with E-state index in [-0.39, 0.29) is 11.7 Å². The molecule has 1 heterocycles. The van der Waals surface area contributed by atoms with E-state index in [1.807, 2.05) is 12.1 Å². The molecule has 21 heavy (non-hydrogen) atoms. The van der Waals surface area contributed by atoms with Crippen LogP contribution in [0.15, 0.2) is 48.5 Å². The second-order valence-electron chi connectivity index (χ2n) is 4.09. The first-order valence-corrected chi connectivity index (χ1v) is 8.85. The fourth-order valence-corrected chi connectivity index (χ4v) is 6.12. The predicted octanol–water partition coefficient (Wildman–Crippen LogP) is 4.22. The first-order chi connectivity index (χ1) is 9.94. The number of benzene rings is 2. The van der Waals surface area contributed by atoms with Crippen LogP contribution < -0.4 is 4.74 Å². The predicted molar refractivity (Wildman–Crippen MR) is 76.4 cm³/mol. The molecule has 0 spiro atoms. The van der Waals surface area contributed by atoms with Crippen LogP contribution in [0.2, 0.25) is 0 Å². The number of alkyl halides is 3. The molecule has 110 valence electrons. The summed E-state index contributed by atoms with van der Waals surface area (Å²) in [5, 5.41) is 0. The Morgan fingerprint density at radius 2 is 1.67 bits per heavy atom. The van der Waals surface area contributed by atoms with Gasteiger partial charge in [0.2, 0.25) is 0 Å². The fourth-order valence-electron chi connectivity index (χ4n) is 1.84. The summed E-state index contributed by atoms with van der Waals surface area (Å²) in [6.45, 7) is 0. The van der Waals surface area contributed by atoms with Crippen LogP contribution in [0.1, 0.15) is 10.4 Å². The van der Waals surface area contributed by atoms with Crippen LogP contribution >= 0.6 is 20.2 Å². The molecule has 0 radical (unpaired) electrons. The number of fused-ring (bicyclic) bond motifs is 1. The summed E-state index contributed by atoms with van der Waals surface area (Å²) in [6, 6.07) is 12.6. The Bertz CT molecular complexity index is 683. The Labute approximate surface area is 125 Å². The molecule has 0 unspecified atom stereocenters. The van der Waals surface area contributed by atoms with Crippen molar-refractivity contribution in [3.8, 4) is 5.75 Å². The number of carbonyl (C=O) groups is 1. The van der Waals surface area contributed by atoms with E-state index >= 15 is 0 Å². The van der Waals surface area contributed by atoms with Gasteiger partial charge in [-0.25, -0.2) is 0 Å². The van der Waals surface area contributed by atoms with Crippen LogP contribution in [0.25, 0.3) is 0 Å². The number of hydrogen-bond acceptors (Lipinski definition) is 3. The maximum absolute atomic E-state index is 12.1. The molecule has 2 aromatic rings. The molecular formula is C14H8F3IO3. The average molecular weight is 408 g/mol. The van der Waals surface area contributed by atoms with E-state index in [2.05, 4.69) is 4.74 Å². The molecule has 2 aromatic carbocycles. The monoisotopic (exact) mass is 408 g/mol. The molecule has 0 amide bonds. The standard InChI is InChI=1S/C14H8F3IO3/c15-14(16,17)20-10-7-5-9(6-8-10)18-12-4-2-1-3-11(12)13(19)21-18/h1-8H. The van der Waals surface area contributed by atoms with E-state index in [1.165, 1.54) is 24.3 Å². The van der Waals surface area contributed by atoms with Gasteiger partial charge < -0.3 is 0 Å². The van der Waals surface area contributed by atoms with E-state index in [1.54, 1.807) is 12.1 Å². The Hall–Kier alpha value is -1.77. The van der Waals surface area contributed by atoms with Crippen LogP contribution in [-0.2, 0) is 3.07 Å². The topological polar surface area (TPSA) is 35.5 Å². The van der Waals surface area contributed by atoms with Gasteiger partial charge in [0.1, 0.15) is 0 Å². The molecular weight excluding hydrogens is 400 g/mol. The molecule has 0 saturated heterocycles. The summed E-state index contributed by atoms with van der Waals surface area (Å²) in [6.07, 6.45) is -4.72. The van der Waals surface area contributed by atoms with E-state index in [0.29, 0.717) is 5.56 Å². The summed E-state index contributed by atoms with van der Waals surface area (Å²) in [5.74, 6) is -0.660. The van der Waals surface area contributed by atoms with Crippen LogP contribution in [0.5, 0.6) is 5.75 Å². The second kappa shape index (κ2) is 5.21. The van der Waals surface area contributed by atoms with Gasteiger partial charge in [-0.3, -0.25) is 0 Å². The van der Waals surface area contributed by atoms with Crippen molar-refractivity contribution >= 4 is 26.2 Å². The SMILES string of the molecule is O=C1OI(c2ccc(OC(F)(F)F)cc2)c2ccccc21. The summed E-state index contributed by atoms with van der Waals surface area (Å²) in [4.78, 5) is 11.7. The molecule has 1 aliphatic rings. The summed E-state index contributed by atoms with van der Waals surface area (Å²) >= 11 is -2.35. The third kappa shape index (κ3) is 2.97. The van der Waals surface area contributed by atoms with Crippen molar-refractivity contribution in [2.24, 2.45) is 0 Å². The maximum atomic E-state index is 12.1. The van der Waals surface area contributed by atoms with Crippen molar-refractivity contribution in [3.63, 3.8) is 0 Å². The van der Waals surface area contributed by atoms with Crippen molar-refractivity contribution in [3.05, 3.63) is 61.2 Å². The minimum atomic E-state index is -4.72. The molecule has 0 aromatic heterocycles. The van der Waals surface area contributed by atoms with Crippen LogP contribution in [0.3, 0.4) is 0 Å². The zero-order chi connectivity index (χ0) is 15.0. The van der Waals surface area contributed by atoms with Crippen molar-refractivity contribution in [1.82, 2.24) is 0 Å². The Morgan fingerprint density at radius 1 is 1.00 bits per heavy atom. The van der Waals surface area contributed by atoms with Crippen LogP contribution in [-0.4, -0.2) is 12.3 Å². The molecule has 3 rings (SSSR count). The van der Waals surface area contributed by atoms with E-state index in [4.69, 9.17) is 3.07 Å². The number of rotatable bonds is 2. The first-order valence-electron chi connectivity index (χ1n) is 5.81. The van der Waals surface area contributed by atoms with Crippen molar-refractivity contribution in [2.75, 3.05) is 0 Å².